The molecule has 2 amide bonds. The van der Waals surface area contributed by atoms with Crippen LogP contribution in [0.3, 0.4) is 0 Å². The van der Waals surface area contributed by atoms with Crippen molar-refractivity contribution in [3.63, 3.8) is 0 Å². The van der Waals surface area contributed by atoms with Crippen LogP contribution in [0, 0.1) is 5.82 Å². The highest BCUT2D eigenvalue weighted by Gasteiger charge is 2.34. The van der Waals surface area contributed by atoms with Crippen LogP contribution in [-0.4, -0.2) is 58.0 Å². The molecule has 0 fully saturated rings. The monoisotopic (exact) mass is 661 g/mol. The smallest absolute Gasteiger partial charge is 0.264 e. The molecule has 0 aliphatic carbocycles. The fraction of sp³-hybridized carbons (Fsp3) is 0.278. The summed E-state index contributed by atoms with van der Waals surface area (Å²) >= 11 is 0. The third-order valence-electron chi connectivity index (χ3n) is 7.42. The summed E-state index contributed by atoms with van der Waals surface area (Å²) in [5.74, 6) is -0.499. The van der Waals surface area contributed by atoms with Crippen LogP contribution in [0.15, 0.2) is 108 Å². The van der Waals surface area contributed by atoms with E-state index in [0.29, 0.717) is 36.6 Å². The van der Waals surface area contributed by atoms with Crippen LogP contribution >= 0.6 is 0 Å². The van der Waals surface area contributed by atoms with Crippen LogP contribution in [0.2, 0.25) is 0 Å². The van der Waals surface area contributed by atoms with Crippen LogP contribution in [-0.2, 0) is 32.6 Å². The Bertz CT molecular complexity index is 1720. The minimum absolute atomic E-state index is 0.00651. The van der Waals surface area contributed by atoms with Crippen molar-refractivity contribution < 1.29 is 31.9 Å². The zero-order valence-electron chi connectivity index (χ0n) is 26.8. The van der Waals surface area contributed by atoms with Crippen LogP contribution in [0.5, 0.6) is 11.5 Å². The second-order valence-electron chi connectivity index (χ2n) is 10.8. The van der Waals surface area contributed by atoms with Crippen LogP contribution < -0.4 is 19.1 Å². The normalized spacial score (nSPS) is 11.7. The minimum Gasteiger partial charge on any atom is -0.497 e. The largest absolute Gasteiger partial charge is 0.497 e. The Morgan fingerprint density at radius 2 is 1.53 bits per heavy atom. The SMILES string of the molecule is CCCNC(=O)[C@H](Cc1ccccc1)N(Cc1cccc(OC)c1)C(=O)CN(c1ccc(F)cc1)S(=O)(=O)c1ccc(OCC)cc1. The second kappa shape index (κ2) is 16.6. The van der Waals surface area contributed by atoms with Gasteiger partial charge in [-0.2, -0.15) is 0 Å². The minimum atomic E-state index is -4.34. The molecule has 9 nitrogen and oxygen atoms in total. The van der Waals surface area contributed by atoms with Gasteiger partial charge in [-0.25, -0.2) is 12.8 Å². The predicted molar refractivity (Wildman–Crippen MR) is 179 cm³/mol. The summed E-state index contributed by atoms with van der Waals surface area (Å²) in [6.45, 7) is 3.89. The average molecular weight is 662 g/mol. The Balaban J connectivity index is 1.79. The molecule has 1 N–H and O–H groups in total. The van der Waals surface area contributed by atoms with E-state index < -0.39 is 34.3 Å². The molecule has 0 heterocycles. The fourth-order valence-electron chi connectivity index (χ4n) is 5.03. The summed E-state index contributed by atoms with van der Waals surface area (Å²) < 4.78 is 54.1. The Morgan fingerprint density at radius 3 is 2.17 bits per heavy atom. The molecule has 1 atom stereocenters. The number of benzene rings is 4. The topological polar surface area (TPSA) is 105 Å². The number of ether oxygens (including phenoxy) is 2. The van der Waals surface area contributed by atoms with E-state index in [0.717, 1.165) is 22.0 Å². The molecule has 0 aliphatic heterocycles. The molecule has 0 unspecified atom stereocenters. The Morgan fingerprint density at radius 1 is 0.851 bits per heavy atom. The Kier molecular flexibility index (Phi) is 12.3. The van der Waals surface area contributed by atoms with Gasteiger partial charge in [0.25, 0.3) is 10.0 Å². The number of methoxy groups -OCH3 is 1. The zero-order valence-corrected chi connectivity index (χ0v) is 27.6. The molecule has 248 valence electrons. The van der Waals surface area contributed by atoms with Gasteiger partial charge in [0.1, 0.15) is 29.9 Å². The average Bonchev–Trinajstić information content (AvgIpc) is 3.09. The first kappa shape index (κ1) is 35.0. The molecule has 0 saturated heterocycles. The van der Waals surface area contributed by atoms with E-state index in [9.17, 15) is 22.4 Å². The van der Waals surface area contributed by atoms with Gasteiger partial charge < -0.3 is 19.7 Å². The number of hydrogen-bond donors (Lipinski definition) is 1. The van der Waals surface area contributed by atoms with Crippen molar-refractivity contribution >= 4 is 27.5 Å². The maximum atomic E-state index is 14.5. The molecule has 11 heteroatoms. The number of sulfonamides is 1. The van der Waals surface area contributed by atoms with Crippen LogP contribution in [0.25, 0.3) is 0 Å². The van der Waals surface area contributed by atoms with Gasteiger partial charge in [-0.3, -0.25) is 13.9 Å². The van der Waals surface area contributed by atoms with Crippen molar-refractivity contribution in [1.82, 2.24) is 10.2 Å². The van der Waals surface area contributed by atoms with Crippen molar-refractivity contribution in [3.05, 3.63) is 120 Å². The number of amides is 2. The van der Waals surface area contributed by atoms with Crippen molar-refractivity contribution in [3.8, 4) is 11.5 Å². The third-order valence-corrected chi connectivity index (χ3v) is 9.21. The van der Waals surface area contributed by atoms with Gasteiger partial charge in [0.05, 0.1) is 24.3 Å². The molecule has 47 heavy (non-hydrogen) atoms. The lowest BCUT2D eigenvalue weighted by Crippen LogP contribution is -2.53. The van der Waals surface area contributed by atoms with Gasteiger partial charge in [-0.1, -0.05) is 49.4 Å². The van der Waals surface area contributed by atoms with Crippen LogP contribution in [0.4, 0.5) is 10.1 Å². The standard InChI is InChI=1S/C36H40FN3O6S/c1-4-22-38-36(42)34(24-27-10-7-6-8-11-27)39(25-28-12-9-13-32(23-28)45-3)35(41)26-40(30-16-14-29(37)15-17-30)47(43,44)33-20-18-31(19-21-33)46-5-2/h6-21,23,34H,4-5,22,24-26H2,1-3H3,(H,38,42)/t34-/m0/s1. The Hall–Kier alpha value is -4.90. The highest BCUT2D eigenvalue weighted by molar-refractivity contribution is 7.92. The second-order valence-corrected chi connectivity index (χ2v) is 12.6. The van der Waals surface area contributed by atoms with Gasteiger partial charge in [0.2, 0.25) is 11.8 Å². The lowest BCUT2D eigenvalue weighted by atomic mass is 10.0. The number of carbonyl (C=O) groups is 2. The number of rotatable bonds is 16. The van der Waals surface area contributed by atoms with Gasteiger partial charge in [-0.05, 0) is 85.1 Å². The molecule has 4 aromatic rings. The maximum Gasteiger partial charge on any atom is 0.264 e. The number of carbonyl (C=O) groups excluding carboxylic acids is 2. The first-order valence-electron chi connectivity index (χ1n) is 15.4. The zero-order chi connectivity index (χ0) is 33.8. The highest BCUT2D eigenvalue weighted by Crippen LogP contribution is 2.27. The number of halogens is 1. The number of nitrogens with zero attached hydrogens (tertiary/aromatic N) is 2. The van der Waals surface area contributed by atoms with E-state index >= 15 is 0 Å². The molecule has 0 radical (unpaired) electrons. The summed E-state index contributed by atoms with van der Waals surface area (Å²) in [6.07, 6.45) is 0.876. The van der Waals surface area contributed by atoms with E-state index in [4.69, 9.17) is 9.47 Å². The molecule has 0 spiro atoms. The third kappa shape index (κ3) is 9.32. The van der Waals surface area contributed by atoms with Gasteiger partial charge in [0.15, 0.2) is 0 Å². The predicted octanol–water partition coefficient (Wildman–Crippen LogP) is 5.59. The summed E-state index contributed by atoms with van der Waals surface area (Å²) in [5.41, 5.74) is 1.59. The number of hydrogen-bond acceptors (Lipinski definition) is 6. The lowest BCUT2D eigenvalue weighted by molar-refractivity contribution is -0.140. The quantitative estimate of drug-likeness (QED) is 0.168. The first-order valence-corrected chi connectivity index (χ1v) is 16.9. The van der Waals surface area contributed by atoms with Crippen molar-refractivity contribution in [2.45, 2.75) is 44.2 Å². The highest BCUT2D eigenvalue weighted by atomic mass is 32.2. The van der Waals surface area contributed by atoms with E-state index in [1.807, 2.05) is 44.2 Å². The molecule has 4 aromatic carbocycles. The van der Waals surface area contributed by atoms with E-state index in [-0.39, 0.29) is 29.5 Å². The van der Waals surface area contributed by atoms with Crippen molar-refractivity contribution in [1.29, 1.82) is 0 Å². The molecule has 4 rings (SSSR count). The molecular formula is C36H40FN3O6S. The molecule has 0 saturated carbocycles. The van der Waals surface area contributed by atoms with E-state index in [1.165, 1.54) is 48.4 Å². The van der Waals surface area contributed by atoms with E-state index in [1.54, 1.807) is 24.3 Å². The van der Waals surface area contributed by atoms with Gasteiger partial charge >= 0.3 is 0 Å². The first-order chi connectivity index (χ1) is 22.7. The summed E-state index contributed by atoms with van der Waals surface area (Å²) in [7, 11) is -2.81. The summed E-state index contributed by atoms with van der Waals surface area (Å²) in [6, 6.07) is 26.2. The summed E-state index contributed by atoms with van der Waals surface area (Å²) in [5, 5.41) is 2.92. The number of nitrogens with one attached hydrogen (secondary N) is 1. The molecule has 0 aliphatic rings. The number of anilines is 1. The molecule has 0 bridgehead atoms. The maximum absolute atomic E-state index is 14.5. The van der Waals surface area contributed by atoms with E-state index in [2.05, 4.69) is 5.32 Å². The molecular weight excluding hydrogens is 621 g/mol. The molecule has 0 aromatic heterocycles. The Labute approximate surface area is 276 Å². The summed E-state index contributed by atoms with van der Waals surface area (Å²) in [4.78, 5) is 29.6. The van der Waals surface area contributed by atoms with Crippen molar-refractivity contribution in [2.75, 3.05) is 31.1 Å². The van der Waals surface area contributed by atoms with Gasteiger partial charge in [-0.15, -0.1) is 0 Å². The lowest BCUT2D eigenvalue weighted by Gasteiger charge is -2.34. The van der Waals surface area contributed by atoms with Crippen LogP contribution in [0.1, 0.15) is 31.4 Å². The van der Waals surface area contributed by atoms with Gasteiger partial charge in [0, 0.05) is 19.5 Å². The fourth-order valence-corrected chi connectivity index (χ4v) is 6.44. The van der Waals surface area contributed by atoms with Crippen molar-refractivity contribution in [2.24, 2.45) is 0 Å².